The van der Waals surface area contributed by atoms with Crippen LogP contribution in [0.1, 0.15) is 48.5 Å². The van der Waals surface area contributed by atoms with Crippen LogP contribution >= 0.6 is 0 Å². The van der Waals surface area contributed by atoms with Crippen molar-refractivity contribution < 1.29 is 9.53 Å². The zero-order chi connectivity index (χ0) is 22.9. The van der Waals surface area contributed by atoms with Crippen molar-refractivity contribution in [1.82, 2.24) is 14.9 Å². The fraction of sp³-hybridized carbons (Fsp3) is 0.444. The van der Waals surface area contributed by atoms with E-state index in [-0.39, 0.29) is 17.9 Å². The number of methoxy groups -OCH3 is 1. The largest absolute Gasteiger partial charge is 0.496 e. The van der Waals surface area contributed by atoms with Gasteiger partial charge in [-0.3, -0.25) is 4.79 Å². The fourth-order valence-electron chi connectivity index (χ4n) is 5.41. The summed E-state index contributed by atoms with van der Waals surface area (Å²) in [4.78, 5) is 27.7. The van der Waals surface area contributed by atoms with Gasteiger partial charge in [0.15, 0.2) is 0 Å². The lowest BCUT2D eigenvalue weighted by Gasteiger charge is -2.36. The smallest absolute Gasteiger partial charge is 0.227 e. The van der Waals surface area contributed by atoms with Crippen LogP contribution in [0, 0.1) is 19.8 Å². The van der Waals surface area contributed by atoms with Crippen molar-refractivity contribution in [2.24, 2.45) is 5.92 Å². The number of rotatable bonds is 4. The zero-order valence-corrected chi connectivity index (χ0v) is 19.8. The summed E-state index contributed by atoms with van der Waals surface area (Å²) >= 11 is 0. The van der Waals surface area contributed by atoms with Crippen molar-refractivity contribution >= 4 is 22.8 Å². The van der Waals surface area contributed by atoms with E-state index in [1.165, 1.54) is 5.56 Å². The summed E-state index contributed by atoms with van der Waals surface area (Å²) in [5.74, 6) is 1.82. The monoisotopic (exact) mass is 444 g/mol. The SMILES string of the molecule is COc1ccccc1[C@@H]1CCCN1C(=O)[C@@H]1CCCN(c2nc(C)c3ccc(C)cc3n2)C1. The van der Waals surface area contributed by atoms with Crippen LogP contribution < -0.4 is 9.64 Å². The third-order valence-electron chi connectivity index (χ3n) is 7.12. The topological polar surface area (TPSA) is 58.6 Å². The number of anilines is 1. The molecule has 2 atom stereocenters. The molecule has 1 aromatic heterocycles. The Morgan fingerprint density at radius 1 is 1.03 bits per heavy atom. The molecule has 3 aromatic rings. The molecule has 33 heavy (non-hydrogen) atoms. The number of ether oxygens (including phenoxy) is 1. The molecule has 0 saturated carbocycles. The van der Waals surface area contributed by atoms with Crippen LogP contribution in [0.3, 0.4) is 0 Å². The van der Waals surface area contributed by atoms with Crippen molar-refractivity contribution in [2.75, 3.05) is 31.6 Å². The molecule has 2 saturated heterocycles. The molecule has 172 valence electrons. The minimum absolute atomic E-state index is 0.0360. The third-order valence-corrected chi connectivity index (χ3v) is 7.12. The van der Waals surface area contributed by atoms with Crippen molar-refractivity contribution in [2.45, 2.75) is 45.6 Å². The molecule has 0 aliphatic carbocycles. The van der Waals surface area contributed by atoms with Crippen LogP contribution in [0.5, 0.6) is 5.75 Å². The zero-order valence-electron chi connectivity index (χ0n) is 19.8. The number of aromatic nitrogens is 2. The van der Waals surface area contributed by atoms with Crippen molar-refractivity contribution in [3.05, 3.63) is 59.3 Å². The van der Waals surface area contributed by atoms with E-state index in [0.717, 1.165) is 72.6 Å². The Morgan fingerprint density at radius 2 is 1.85 bits per heavy atom. The molecule has 0 radical (unpaired) electrons. The van der Waals surface area contributed by atoms with Gasteiger partial charge < -0.3 is 14.5 Å². The Labute approximate surface area is 195 Å². The molecule has 1 amide bonds. The number of carbonyl (C=O) groups is 1. The number of carbonyl (C=O) groups excluding carboxylic acids is 1. The van der Waals surface area contributed by atoms with Crippen LogP contribution in [0.15, 0.2) is 42.5 Å². The standard InChI is InChI=1S/C27H32N4O2/c1-18-12-13-21-19(2)28-27(29-23(21)16-18)30-14-6-8-20(17-30)26(32)31-15-7-10-24(31)22-9-4-5-11-25(22)33-3/h4-5,9,11-13,16,20,24H,6-8,10,14-15,17H2,1-3H3/t20-,24+/m1/s1. The Morgan fingerprint density at radius 3 is 2.70 bits per heavy atom. The number of fused-ring (bicyclic) bond motifs is 1. The van der Waals surface area contributed by atoms with Crippen LogP contribution in [0.4, 0.5) is 5.95 Å². The number of benzene rings is 2. The molecule has 2 fully saturated rings. The molecular weight excluding hydrogens is 412 g/mol. The molecule has 2 aliphatic rings. The highest BCUT2D eigenvalue weighted by Gasteiger charge is 2.37. The molecule has 0 spiro atoms. The molecule has 0 unspecified atom stereocenters. The highest BCUT2D eigenvalue weighted by Crippen LogP contribution is 2.38. The van der Waals surface area contributed by atoms with Crippen LogP contribution in [0.25, 0.3) is 10.9 Å². The Kier molecular flexibility index (Phi) is 5.92. The first-order valence-corrected chi connectivity index (χ1v) is 12.0. The van der Waals surface area contributed by atoms with Crippen LogP contribution in [-0.2, 0) is 4.79 Å². The lowest BCUT2D eigenvalue weighted by molar-refractivity contribution is -0.136. The first kappa shape index (κ1) is 21.7. The second-order valence-corrected chi connectivity index (χ2v) is 9.35. The number of piperidine rings is 1. The van der Waals surface area contributed by atoms with Gasteiger partial charge in [-0.2, -0.15) is 0 Å². The number of hydrogen-bond acceptors (Lipinski definition) is 5. The first-order valence-electron chi connectivity index (χ1n) is 12.0. The predicted molar refractivity (Wildman–Crippen MR) is 131 cm³/mol. The van der Waals surface area contributed by atoms with Crippen molar-refractivity contribution in [3.8, 4) is 5.75 Å². The van der Waals surface area contributed by atoms with Gasteiger partial charge in [-0.05, 0) is 57.2 Å². The number of para-hydroxylation sites is 1. The van der Waals surface area contributed by atoms with E-state index in [4.69, 9.17) is 14.7 Å². The predicted octanol–water partition coefficient (Wildman–Crippen LogP) is 4.84. The second-order valence-electron chi connectivity index (χ2n) is 9.35. The highest BCUT2D eigenvalue weighted by molar-refractivity contribution is 5.83. The number of aryl methyl sites for hydroxylation is 2. The van der Waals surface area contributed by atoms with Gasteiger partial charge in [-0.1, -0.05) is 30.3 Å². The Balaban J connectivity index is 1.37. The summed E-state index contributed by atoms with van der Waals surface area (Å²) in [5, 5.41) is 1.09. The molecule has 0 bridgehead atoms. The quantitative estimate of drug-likeness (QED) is 0.577. The average molecular weight is 445 g/mol. The van der Waals surface area contributed by atoms with E-state index in [0.29, 0.717) is 6.54 Å². The summed E-state index contributed by atoms with van der Waals surface area (Å²) in [6.45, 7) is 6.49. The summed E-state index contributed by atoms with van der Waals surface area (Å²) in [5.41, 5.74) is 4.26. The fourth-order valence-corrected chi connectivity index (χ4v) is 5.41. The molecular formula is C27H32N4O2. The normalized spacial score (nSPS) is 20.9. The van der Waals surface area contributed by atoms with Gasteiger partial charge >= 0.3 is 0 Å². The van der Waals surface area contributed by atoms with Crippen LogP contribution in [-0.4, -0.2) is 47.5 Å². The molecule has 2 aliphatic heterocycles. The van der Waals surface area contributed by atoms with E-state index in [1.54, 1.807) is 7.11 Å². The average Bonchev–Trinajstić information content (AvgIpc) is 3.33. The molecule has 2 aromatic carbocycles. The molecule has 6 nitrogen and oxygen atoms in total. The Hall–Kier alpha value is -3.15. The Bertz CT molecular complexity index is 1180. The number of likely N-dealkylation sites (tertiary alicyclic amines) is 1. The highest BCUT2D eigenvalue weighted by atomic mass is 16.5. The van der Waals surface area contributed by atoms with Crippen LogP contribution in [0.2, 0.25) is 0 Å². The van der Waals surface area contributed by atoms with Gasteiger partial charge in [0.25, 0.3) is 0 Å². The summed E-state index contributed by atoms with van der Waals surface area (Å²) in [7, 11) is 1.70. The number of nitrogens with zero attached hydrogens (tertiary/aromatic N) is 4. The molecule has 0 N–H and O–H groups in total. The van der Waals surface area contributed by atoms with Gasteiger partial charge in [0.2, 0.25) is 11.9 Å². The molecule has 3 heterocycles. The minimum atomic E-state index is -0.0360. The summed E-state index contributed by atoms with van der Waals surface area (Å²) < 4.78 is 5.60. The number of amides is 1. The van der Waals surface area contributed by atoms with Gasteiger partial charge in [0, 0.05) is 30.6 Å². The number of hydrogen-bond donors (Lipinski definition) is 0. The van der Waals surface area contributed by atoms with E-state index >= 15 is 0 Å². The molecule has 6 heteroatoms. The maximum Gasteiger partial charge on any atom is 0.227 e. The molecule has 5 rings (SSSR count). The van der Waals surface area contributed by atoms with Gasteiger partial charge in [0.05, 0.1) is 30.3 Å². The van der Waals surface area contributed by atoms with Gasteiger partial charge in [0.1, 0.15) is 5.75 Å². The maximum atomic E-state index is 13.7. The van der Waals surface area contributed by atoms with Crippen molar-refractivity contribution in [3.63, 3.8) is 0 Å². The van der Waals surface area contributed by atoms with Gasteiger partial charge in [-0.15, -0.1) is 0 Å². The maximum absolute atomic E-state index is 13.7. The lowest BCUT2D eigenvalue weighted by atomic mass is 9.95. The van der Waals surface area contributed by atoms with Crippen molar-refractivity contribution in [1.29, 1.82) is 0 Å². The van der Waals surface area contributed by atoms with E-state index in [2.05, 4.69) is 41.0 Å². The van der Waals surface area contributed by atoms with E-state index < -0.39 is 0 Å². The third kappa shape index (κ3) is 4.14. The minimum Gasteiger partial charge on any atom is -0.496 e. The van der Waals surface area contributed by atoms with Gasteiger partial charge in [-0.25, -0.2) is 9.97 Å². The lowest BCUT2D eigenvalue weighted by Crippen LogP contribution is -2.45. The van der Waals surface area contributed by atoms with E-state index in [9.17, 15) is 4.79 Å². The summed E-state index contributed by atoms with van der Waals surface area (Å²) in [6.07, 6.45) is 3.89. The second kappa shape index (κ2) is 9.00. The summed E-state index contributed by atoms with van der Waals surface area (Å²) in [6, 6.07) is 14.5. The van der Waals surface area contributed by atoms with E-state index in [1.807, 2.05) is 25.1 Å². The first-order chi connectivity index (χ1) is 16.0.